The van der Waals surface area contributed by atoms with Crippen LogP contribution in [0.15, 0.2) is 35.0 Å². The third-order valence-corrected chi connectivity index (χ3v) is 5.29. The lowest BCUT2D eigenvalue weighted by Crippen LogP contribution is -2.27. The number of likely N-dealkylation sites (tertiary alicyclic amines) is 1. The second kappa shape index (κ2) is 8.29. The number of carbonyl (C=O) groups excluding carboxylic acids is 1. The molecule has 1 N–H and O–H groups in total. The molecule has 1 saturated heterocycles. The maximum atomic E-state index is 12.3. The first-order chi connectivity index (χ1) is 12.6. The maximum Gasteiger partial charge on any atom is 0.273 e. The van der Waals surface area contributed by atoms with Gasteiger partial charge in [0.1, 0.15) is 5.75 Å². The Bertz CT molecular complexity index is 779. The highest BCUT2D eigenvalue weighted by molar-refractivity contribution is 7.07. The van der Waals surface area contributed by atoms with Crippen LogP contribution in [0.4, 0.5) is 11.4 Å². The molecule has 8 heteroatoms. The molecule has 0 unspecified atom stereocenters. The molecular formula is C18H21N3O4S. The van der Waals surface area contributed by atoms with Gasteiger partial charge in [0.05, 0.1) is 23.8 Å². The van der Waals surface area contributed by atoms with E-state index in [-0.39, 0.29) is 17.3 Å². The molecule has 1 aromatic heterocycles. The summed E-state index contributed by atoms with van der Waals surface area (Å²) < 4.78 is 5.15. The molecule has 2 aromatic rings. The third kappa shape index (κ3) is 4.20. The number of methoxy groups -OCH3 is 1. The molecule has 0 aliphatic carbocycles. The third-order valence-electron chi connectivity index (χ3n) is 4.59. The van der Waals surface area contributed by atoms with Gasteiger partial charge in [-0.25, -0.2) is 0 Å². The number of rotatable bonds is 7. The maximum absolute atomic E-state index is 12.3. The smallest absolute Gasteiger partial charge is 0.273 e. The van der Waals surface area contributed by atoms with Crippen molar-refractivity contribution in [1.29, 1.82) is 0 Å². The van der Waals surface area contributed by atoms with Gasteiger partial charge in [-0.15, -0.1) is 0 Å². The van der Waals surface area contributed by atoms with Crippen molar-refractivity contribution >= 4 is 28.6 Å². The summed E-state index contributed by atoms with van der Waals surface area (Å²) in [7, 11) is 1.42. The summed E-state index contributed by atoms with van der Waals surface area (Å²) in [6, 6.07) is 6.70. The zero-order chi connectivity index (χ0) is 18.5. The molecule has 1 aliphatic heterocycles. The molecule has 0 bridgehead atoms. The minimum absolute atomic E-state index is 0.0736. The molecule has 1 aliphatic rings. The number of hydrogen-bond acceptors (Lipinski definition) is 6. The van der Waals surface area contributed by atoms with Gasteiger partial charge in [0.15, 0.2) is 0 Å². The van der Waals surface area contributed by atoms with Gasteiger partial charge in [0.25, 0.3) is 5.69 Å². The lowest BCUT2D eigenvalue weighted by atomic mass is 10.1. The number of anilines is 1. The van der Waals surface area contributed by atoms with E-state index in [4.69, 9.17) is 4.74 Å². The summed E-state index contributed by atoms with van der Waals surface area (Å²) >= 11 is 1.69. The molecule has 1 atom stereocenters. The summed E-state index contributed by atoms with van der Waals surface area (Å²) in [5, 5.41) is 17.9. The average Bonchev–Trinajstić information content (AvgIpc) is 3.31. The second-order valence-corrected chi connectivity index (χ2v) is 6.97. The van der Waals surface area contributed by atoms with Crippen molar-refractivity contribution in [2.75, 3.05) is 25.5 Å². The first kappa shape index (κ1) is 18.3. The van der Waals surface area contributed by atoms with Gasteiger partial charge < -0.3 is 10.1 Å². The quantitative estimate of drug-likeness (QED) is 0.587. The molecule has 138 valence electrons. The first-order valence-corrected chi connectivity index (χ1v) is 9.41. The number of thiophene rings is 1. The van der Waals surface area contributed by atoms with E-state index in [0.29, 0.717) is 24.7 Å². The highest BCUT2D eigenvalue weighted by Crippen LogP contribution is 2.33. The summed E-state index contributed by atoms with van der Waals surface area (Å²) in [5.74, 6) is 0.151. The van der Waals surface area contributed by atoms with Crippen molar-refractivity contribution in [3.63, 3.8) is 0 Å². The number of ether oxygens (including phenoxy) is 1. The molecule has 0 saturated carbocycles. The number of nitro groups is 1. The van der Waals surface area contributed by atoms with Gasteiger partial charge in [0, 0.05) is 25.1 Å². The van der Waals surface area contributed by atoms with Crippen LogP contribution in [-0.4, -0.2) is 35.9 Å². The monoisotopic (exact) mass is 375 g/mol. The van der Waals surface area contributed by atoms with Crippen molar-refractivity contribution in [2.24, 2.45) is 0 Å². The van der Waals surface area contributed by atoms with Crippen LogP contribution in [0.2, 0.25) is 0 Å². The number of nitro benzene ring substituents is 1. The summed E-state index contributed by atoms with van der Waals surface area (Å²) in [4.78, 5) is 25.0. The van der Waals surface area contributed by atoms with Gasteiger partial charge in [-0.1, -0.05) is 0 Å². The second-order valence-electron chi connectivity index (χ2n) is 6.19. The lowest BCUT2D eigenvalue weighted by Gasteiger charge is -2.23. The van der Waals surface area contributed by atoms with Crippen molar-refractivity contribution in [3.8, 4) is 5.75 Å². The Morgan fingerprint density at radius 3 is 3.00 bits per heavy atom. The summed E-state index contributed by atoms with van der Waals surface area (Å²) in [6.45, 7) is 1.68. The van der Waals surface area contributed by atoms with E-state index in [9.17, 15) is 14.9 Å². The zero-order valence-electron chi connectivity index (χ0n) is 14.5. The lowest BCUT2D eigenvalue weighted by molar-refractivity contribution is -0.384. The Balaban J connectivity index is 1.58. The van der Waals surface area contributed by atoms with Gasteiger partial charge in [-0.3, -0.25) is 19.8 Å². The number of non-ortho nitro benzene ring substituents is 1. The molecule has 7 nitrogen and oxygen atoms in total. The molecule has 2 heterocycles. The standard InChI is InChI=1S/C18H21N3O4S/c1-25-17-11-14(21(23)24)4-5-15(17)19-18(22)6-9-20-8-2-3-16(20)13-7-10-26-12-13/h4-5,7,10-12,16H,2-3,6,8-9H2,1H3,(H,19,22)/t16-/m0/s1. The van der Waals surface area contributed by atoms with Crippen molar-refractivity contribution in [1.82, 2.24) is 4.90 Å². The Morgan fingerprint density at radius 1 is 1.46 bits per heavy atom. The number of hydrogen-bond donors (Lipinski definition) is 1. The van der Waals surface area contributed by atoms with E-state index >= 15 is 0 Å². The Kier molecular flexibility index (Phi) is 5.85. The van der Waals surface area contributed by atoms with Crippen LogP contribution in [0.25, 0.3) is 0 Å². The minimum Gasteiger partial charge on any atom is -0.494 e. The van der Waals surface area contributed by atoms with Gasteiger partial charge in [0.2, 0.25) is 5.91 Å². The van der Waals surface area contributed by atoms with E-state index in [2.05, 4.69) is 27.0 Å². The highest BCUT2D eigenvalue weighted by Gasteiger charge is 2.26. The van der Waals surface area contributed by atoms with Crippen LogP contribution < -0.4 is 10.1 Å². The van der Waals surface area contributed by atoms with Crippen LogP contribution in [0.5, 0.6) is 5.75 Å². The van der Waals surface area contributed by atoms with E-state index in [1.54, 1.807) is 11.3 Å². The molecule has 26 heavy (non-hydrogen) atoms. The molecule has 1 amide bonds. The summed E-state index contributed by atoms with van der Waals surface area (Å²) in [5.41, 5.74) is 1.69. The number of carbonyl (C=O) groups is 1. The fourth-order valence-corrected chi connectivity index (χ4v) is 4.00. The van der Waals surface area contributed by atoms with Crippen LogP contribution in [0.1, 0.15) is 30.9 Å². The fraction of sp³-hybridized carbons (Fsp3) is 0.389. The van der Waals surface area contributed by atoms with Gasteiger partial charge in [-0.2, -0.15) is 11.3 Å². The Hall–Kier alpha value is -2.45. The number of amides is 1. The van der Waals surface area contributed by atoms with Crippen LogP contribution >= 0.6 is 11.3 Å². The fourth-order valence-electron chi connectivity index (χ4n) is 3.29. The average molecular weight is 375 g/mol. The summed E-state index contributed by atoms with van der Waals surface area (Å²) in [6.07, 6.45) is 2.62. The predicted molar refractivity (Wildman–Crippen MR) is 101 cm³/mol. The Labute approximate surface area is 155 Å². The van der Waals surface area contributed by atoms with Crippen LogP contribution in [-0.2, 0) is 4.79 Å². The minimum atomic E-state index is -0.494. The largest absolute Gasteiger partial charge is 0.494 e. The number of benzene rings is 1. The number of nitrogens with zero attached hydrogens (tertiary/aromatic N) is 2. The molecule has 0 spiro atoms. The van der Waals surface area contributed by atoms with Crippen molar-refractivity contribution < 1.29 is 14.5 Å². The van der Waals surface area contributed by atoms with Crippen LogP contribution in [0, 0.1) is 10.1 Å². The Morgan fingerprint density at radius 2 is 2.31 bits per heavy atom. The molecule has 3 rings (SSSR count). The van der Waals surface area contributed by atoms with Gasteiger partial charge in [-0.05, 0) is 47.8 Å². The molecule has 1 aromatic carbocycles. The first-order valence-electron chi connectivity index (χ1n) is 8.47. The topological polar surface area (TPSA) is 84.7 Å². The van der Waals surface area contributed by atoms with Crippen LogP contribution in [0.3, 0.4) is 0 Å². The number of nitrogens with one attached hydrogen (secondary N) is 1. The SMILES string of the molecule is COc1cc([N+](=O)[O-])ccc1NC(=O)CCN1CCC[C@H]1c1ccsc1. The van der Waals surface area contributed by atoms with E-state index in [1.165, 1.54) is 30.9 Å². The predicted octanol–water partition coefficient (Wildman–Crippen LogP) is 3.83. The normalized spacial score (nSPS) is 17.2. The van der Waals surface area contributed by atoms with Gasteiger partial charge >= 0.3 is 0 Å². The molecule has 0 radical (unpaired) electrons. The van der Waals surface area contributed by atoms with E-state index in [0.717, 1.165) is 19.4 Å². The van der Waals surface area contributed by atoms with Crippen molar-refractivity contribution in [3.05, 3.63) is 50.7 Å². The van der Waals surface area contributed by atoms with E-state index < -0.39 is 4.92 Å². The molecular weight excluding hydrogens is 354 g/mol. The molecule has 1 fully saturated rings. The zero-order valence-corrected chi connectivity index (χ0v) is 15.3. The van der Waals surface area contributed by atoms with Crippen molar-refractivity contribution in [2.45, 2.75) is 25.3 Å². The highest BCUT2D eigenvalue weighted by atomic mass is 32.1. The van der Waals surface area contributed by atoms with E-state index in [1.807, 2.05) is 0 Å².